The van der Waals surface area contributed by atoms with Gasteiger partial charge in [-0.25, -0.2) is 4.99 Å². The fraction of sp³-hybridized carbons (Fsp3) is 0.500. The zero-order valence-electron chi connectivity index (χ0n) is 8.91. The van der Waals surface area contributed by atoms with Crippen LogP contribution in [0.1, 0.15) is 20.8 Å². The molecule has 78 valence electrons. The second kappa shape index (κ2) is 3.46. The van der Waals surface area contributed by atoms with Gasteiger partial charge >= 0.3 is 0 Å². The first-order valence-corrected chi connectivity index (χ1v) is 4.50. The van der Waals surface area contributed by atoms with Gasteiger partial charge in [-0.15, -0.1) is 0 Å². The second-order valence-electron chi connectivity index (χ2n) is 4.27. The zero-order valence-corrected chi connectivity index (χ0v) is 8.91. The summed E-state index contributed by atoms with van der Waals surface area (Å²) in [6.07, 6.45) is 1.80. The summed E-state index contributed by atoms with van der Waals surface area (Å²) < 4.78 is 0. The van der Waals surface area contributed by atoms with Crippen molar-refractivity contribution in [3.8, 4) is 0 Å². The van der Waals surface area contributed by atoms with Crippen LogP contribution in [0.2, 0.25) is 0 Å². The van der Waals surface area contributed by atoms with Crippen molar-refractivity contribution >= 4 is 5.84 Å². The fourth-order valence-corrected chi connectivity index (χ4v) is 1.26. The van der Waals surface area contributed by atoms with Gasteiger partial charge in [0.05, 0.1) is 6.61 Å². The average molecular weight is 195 g/mol. The van der Waals surface area contributed by atoms with E-state index in [0.717, 1.165) is 0 Å². The topological polar surface area (TPSA) is 61.9 Å². The molecule has 0 saturated heterocycles. The normalized spacial score (nSPS) is 18.0. The van der Waals surface area contributed by atoms with E-state index in [4.69, 9.17) is 10.8 Å². The monoisotopic (exact) mass is 195 g/mol. The molecule has 0 fully saturated rings. The molecule has 0 aromatic heterocycles. The molecular weight excluding hydrogens is 178 g/mol. The lowest BCUT2D eigenvalue weighted by atomic mass is 10.1. The Hall–Kier alpha value is -1.29. The predicted octanol–water partition coefficient (Wildman–Crippen LogP) is 0.805. The molecule has 4 nitrogen and oxygen atoms in total. The van der Waals surface area contributed by atoms with Gasteiger partial charge < -0.3 is 15.7 Å². The SMILES string of the molecule is C=C1N=C(N)C(CO)=CN1C(C)(C)C. The first-order chi connectivity index (χ1) is 6.36. The number of hydrogen-bond acceptors (Lipinski definition) is 4. The van der Waals surface area contributed by atoms with Gasteiger partial charge in [-0.2, -0.15) is 0 Å². The molecule has 1 aliphatic heterocycles. The van der Waals surface area contributed by atoms with Crippen LogP contribution in [0.4, 0.5) is 0 Å². The number of hydrogen-bond donors (Lipinski definition) is 2. The summed E-state index contributed by atoms with van der Waals surface area (Å²) in [7, 11) is 0. The summed E-state index contributed by atoms with van der Waals surface area (Å²) in [4.78, 5) is 5.98. The number of nitrogens with two attached hydrogens (primary N) is 1. The van der Waals surface area contributed by atoms with E-state index < -0.39 is 0 Å². The van der Waals surface area contributed by atoms with Crippen molar-refractivity contribution in [1.82, 2.24) is 4.90 Å². The van der Waals surface area contributed by atoms with Gasteiger partial charge in [0.25, 0.3) is 0 Å². The molecule has 1 aliphatic rings. The number of amidine groups is 1. The fourth-order valence-electron chi connectivity index (χ4n) is 1.26. The summed E-state index contributed by atoms with van der Waals surface area (Å²) in [5.74, 6) is 0.949. The highest BCUT2D eigenvalue weighted by Gasteiger charge is 2.24. The maximum Gasteiger partial charge on any atom is 0.132 e. The van der Waals surface area contributed by atoms with Crippen LogP contribution in [0.5, 0.6) is 0 Å². The number of rotatable bonds is 1. The molecule has 1 rings (SSSR count). The summed E-state index contributed by atoms with van der Waals surface area (Å²) in [5.41, 5.74) is 6.14. The standard InChI is InChI=1S/C10H17N3O/c1-7-12-9(11)8(6-14)5-13(7)10(2,3)4/h5,14H,1,6H2,2-4H3,(H2,11,12). The van der Waals surface area contributed by atoms with Crippen LogP contribution in [-0.4, -0.2) is 28.0 Å². The molecule has 14 heavy (non-hydrogen) atoms. The van der Waals surface area contributed by atoms with Crippen LogP contribution in [0.15, 0.2) is 29.2 Å². The van der Waals surface area contributed by atoms with Gasteiger partial charge in [0.1, 0.15) is 11.7 Å². The van der Waals surface area contributed by atoms with Crippen molar-refractivity contribution in [2.45, 2.75) is 26.3 Å². The van der Waals surface area contributed by atoms with Crippen molar-refractivity contribution in [2.24, 2.45) is 10.7 Å². The first-order valence-electron chi connectivity index (χ1n) is 4.50. The maximum absolute atomic E-state index is 9.05. The molecule has 0 bridgehead atoms. The van der Waals surface area contributed by atoms with Gasteiger partial charge in [0.2, 0.25) is 0 Å². The summed E-state index contributed by atoms with van der Waals surface area (Å²) in [6.45, 7) is 9.84. The van der Waals surface area contributed by atoms with Crippen LogP contribution in [0.3, 0.4) is 0 Å². The van der Waals surface area contributed by atoms with Gasteiger partial charge in [0, 0.05) is 17.3 Å². The third-order valence-corrected chi connectivity index (χ3v) is 2.03. The molecule has 0 aromatic rings. The molecule has 0 aromatic carbocycles. The molecule has 0 aliphatic carbocycles. The predicted molar refractivity (Wildman–Crippen MR) is 57.5 cm³/mol. The van der Waals surface area contributed by atoms with Crippen molar-refractivity contribution in [1.29, 1.82) is 0 Å². The first kappa shape index (κ1) is 10.8. The van der Waals surface area contributed by atoms with Crippen LogP contribution < -0.4 is 5.73 Å². The quantitative estimate of drug-likeness (QED) is 0.650. The number of aliphatic hydroxyl groups is 1. The second-order valence-corrected chi connectivity index (χ2v) is 4.27. The lowest BCUT2D eigenvalue weighted by Gasteiger charge is -2.36. The Morgan fingerprint density at radius 1 is 1.57 bits per heavy atom. The third-order valence-electron chi connectivity index (χ3n) is 2.03. The summed E-state index contributed by atoms with van der Waals surface area (Å²) in [5, 5.41) is 9.05. The van der Waals surface area contributed by atoms with E-state index in [1.54, 1.807) is 6.20 Å². The number of nitrogens with zero attached hydrogens (tertiary/aromatic N) is 2. The Balaban J connectivity index is 3.03. The highest BCUT2D eigenvalue weighted by molar-refractivity contribution is 5.98. The maximum atomic E-state index is 9.05. The number of aliphatic imine (C=N–C) groups is 1. The molecule has 0 radical (unpaired) electrons. The Morgan fingerprint density at radius 2 is 2.14 bits per heavy atom. The summed E-state index contributed by atoms with van der Waals surface area (Å²) >= 11 is 0. The summed E-state index contributed by atoms with van der Waals surface area (Å²) in [6, 6.07) is 0. The van der Waals surface area contributed by atoms with Crippen molar-refractivity contribution in [3.05, 3.63) is 24.2 Å². The van der Waals surface area contributed by atoms with E-state index in [0.29, 0.717) is 17.2 Å². The lowest BCUT2D eigenvalue weighted by Crippen LogP contribution is -2.40. The van der Waals surface area contributed by atoms with Crippen LogP contribution in [0.25, 0.3) is 0 Å². The minimum absolute atomic E-state index is 0.102. The lowest BCUT2D eigenvalue weighted by molar-refractivity contribution is 0.249. The van der Waals surface area contributed by atoms with E-state index in [1.165, 1.54) is 0 Å². The smallest absolute Gasteiger partial charge is 0.132 e. The van der Waals surface area contributed by atoms with E-state index >= 15 is 0 Å². The Labute approximate surface area is 84.4 Å². The number of aliphatic hydroxyl groups excluding tert-OH is 1. The minimum Gasteiger partial charge on any atom is -0.391 e. The molecule has 1 heterocycles. The van der Waals surface area contributed by atoms with Crippen LogP contribution in [0, 0.1) is 0 Å². The van der Waals surface area contributed by atoms with Gasteiger partial charge in [0.15, 0.2) is 0 Å². The minimum atomic E-state index is -0.109. The molecule has 0 amide bonds. The highest BCUT2D eigenvalue weighted by atomic mass is 16.3. The largest absolute Gasteiger partial charge is 0.391 e. The van der Waals surface area contributed by atoms with Gasteiger partial charge in [-0.1, -0.05) is 6.58 Å². The zero-order chi connectivity index (χ0) is 10.9. The van der Waals surface area contributed by atoms with E-state index in [9.17, 15) is 0 Å². The van der Waals surface area contributed by atoms with Gasteiger partial charge in [-0.3, -0.25) is 0 Å². The van der Waals surface area contributed by atoms with Gasteiger partial charge in [-0.05, 0) is 20.8 Å². The Morgan fingerprint density at radius 3 is 2.57 bits per heavy atom. The van der Waals surface area contributed by atoms with Crippen LogP contribution >= 0.6 is 0 Å². The molecular formula is C10H17N3O. The molecule has 4 heteroatoms. The molecule has 0 unspecified atom stereocenters. The van der Waals surface area contributed by atoms with Crippen molar-refractivity contribution in [3.63, 3.8) is 0 Å². The molecule has 0 saturated carbocycles. The molecule has 3 N–H and O–H groups in total. The van der Waals surface area contributed by atoms with E-state index in [2.05, 4.69) is 11.6 Å². The van der Waals surface area contributed by atoms with Crippen LogP contribution in [-0.2, 0) is 0 Å². The average Bonchev–Trinajstić information content (AvgIpc) is 2.02. The highest BCUT2D eigenvalue weighted by Crippen LogP contribution is 2.24. The van der Waals surface area contributed by atoms with E-state index in [1.807, 2.05) is 25.7 Å². The Kier molecular flexibility index (Phi) is 2.66. The molecule has 0 spiro atoms. The molecule has 0 atom stereocenters. The van der Waals surface area contributed by atoms with E-state index in [-0.39, 0.29) is 12.1 Å². The van der Waals surface area contributed by atoms with Crippen molar-refractivity contribution in [2.75, 3.05) is 6.61 Å². The third kappa shape index (κ3) is 1.96. The Bertz CT molecular complexity index is 310. The van der Waals surface area contributed by atoms with Crippen molar-refractivity contribution < 1.29 is 5.11 Å².